The van der Waals surface area contributed by atoms with Crippen LogP contribution < -0.4 is 10.1 Å². The molecular weight excluding hydrogens is 508 g/mol. The standard InChI is InChI=1S/C35H42N4O2/c1-5-32-34(29-15-13-27(14-16-29)12-11-26-9-7-6-8-10-26)33-25-38(22-21-28(23-37(2)3)24-39(32)33)35(40)36-30-17-19-31(41-4)20-18-30/h6-10,13-20,28,32-34H,5,21-25H2,1-4H3,(H,36,40)/t28?,32-,33+,34+/m1/s1. The average molecular weight is 551 g/mol. The van der Waals surface area contributed by atoms with Gasteiger partial charge in [0.05, 0.1) is 7.11 Å². The molecule has 5 rings (SSSR count). The van der Waals surface area contributed by atoms with Crippen molar-refractivity contribution in [3.8, 4) is 17.6 Å². The van der Waals surface area contributed by atoms with E-state index in [0.717, 1.165) is 55.0 Å². The van der Waals surface area contributed by atoms with E-state index in [9.17, 15) is 4.79 Å². The first-order valence-electron chi connectivity index (χ1n) is 14.7. The lowest BCUT2D eigenvalue weighted by molar-refractivity contribution is -0.0522. The van der Waals surface area contributed by atoms with Crippen LogP contribution in [0.5, 0.6) is 5.75 Å². The largest absolute Gasteiger partial charge is 0.497 e. The SMILES string of the molecule is CC[C@@H]1[C@H](c2ccc(C#Cc3ccccc3)cc2)[C@@H]2CN(C(=O)Nc3ccc(OC)cc3)CCC(CN(C)C)CN12. The Kier molecular flexibility index (Phi) is 9.28. The number of hydrogen-bond donors (Lipinski definition) is 1. The van der Waals surface area contributed by atoms with E-state index in [1.807, 2.05) is 59.5 Å². The van der Waals surface area contributed by atoms with Crippen LogP contribution in [0.2, 0.25) is 0 Å². The number of methoxy groups -OCH3 is 1. The van der Waals surface area contributed by atoms with Gasteiger partial charge in [-0.05, 0) is 86.9 Å². The number of fused-ring (bicyclic) bond motifs is 1. The highest BCUT2D eigenvalue weighted by Gasteiger charge is 2.50. The number of carbonyl (C=O) groups excluding carboxylic acids is 1. The van der Waals surface area contributed by atoms with Gasteiger partial charge >= 0.3 is 6.03 Å². The van der Waals surface area contributed by atoms with Gasteiger partial charge in [-0.3, -0.25) is 4.90 Å². The quantitative estimate of drug-likeness (QED) is 0.397. The van der Waals surface area contributed by atoms with E-state index in [1.165, 1.54) is 5.56 Å². The second-order valence-electron chi connectivity index (χ2n) is 11.5. The Labute approximate surface area is 245 Å². The molecule has 0 bridgehead atoms. The molecule has 3 aromatic rings. The van der Waals surface area contributed by atoms with Gasteiger partial charge in [-0.15, -0.1) is 0 Å². The van der Waals surface area contributed by atoms with Gasteiger partial charge in [0, 0.05) is 61.0 Å². The van der Waals surface area contributed by atoms with Crippen LogP contribution in [-0.2, 0) is 0 Å². The molecule has 2 amide bonds. The first-order valence-corrected chi connectivity index (χ1v) is 14.7. The molecule has 0 spiro atoms. The Morgan fingerprint density at radius 1 is 0.951 bits per heavy atom. The summed E-state index contributed by atoms with van der Waals surface area (Å²) in [6, 6.07) is 27.1. The molecule has 4 atom stereocenters. The number of urea groups is 1. The highest BCUT2D eigenvalue weighted by Crippen LogP contribution is 2.44. The second-order valence-corrected chi connectivity index (χ2v) is 11.5. The molecule has 0 aromatic heterocycles. The third kappa shape index (κ3) is 6.93. The smallest absolute Gasteiger partial charge is 0.321 e. The minimum Gasteiger partial charge on any atom is -0.497 e. The van der Waals surface area contributed by atoms with Gasteiger partial charge in [-0.1, -0.05) is 49.1 Å². The summed E-state index contributed by atoms with van der Waals surface area (Å²) in [5.74, 6) is 8.23. The normalized spacial score (nSPS) is 22.4. The molecular formula is C35H42N4O2. The minimum atomic E-state index is -0.0362. The Hall–Kier alpha value is -3.79. The number of nitrogens with one attached hydrogen (secondary N) is 1. The minimum absolute atomic E-state index is 0.0362. The molecule has 2 aliphatic rings. The lowest BCUT2D eigenvalue weighted by Gasteiger charge is -2.58. The van der Waals surface area contributed by atoms with Crippen LogP contribution in [0.25, 0.3) is 0 Å². The van der Waals surface area contributed by atoms with Crippen LogP contribution >= 0.6 is 0 Å². The molecule has 0 radical (unpaired) electrons. The fraction of sp³-hybridized carbons (Fsp3) is 0.400. The highest BCUT2D eigenvalue weighted by atomic mass is 16.5. The molecule has 3 aromatic carbocycles. The van der Waals surface area contributed by atoms with E-state index < -0.39 is 0 Å². The predicted molar refractivity (Wildman–Crippen MR) is 166 cm³/mol. The fourth-order valence-corrected chi connectivity index (χ4v) is 6.46. The number of rotatable bonds is 6. The summed E-state index contributed by atoms with van der Waals surface area (Å²) in [5, 5.41) is 3.13. The van der Waals surface area contributed by atoms with Crippen molar-refractivity contribution in [3.05, 3.63) is 95.6 Å². The summed E-state index contributed by atoms with van der Waals surface area (Å²) in [7, 11) is 5.93. The van der Waals surface area contributed by atoms with Crippen molar-refractivity contribution in [1.82, 2.24) is 14.7 Å². The molecule has 6 heteroatoms. The molecule has 0 aliphatic carbocycles. The number of anilines is 1. The zero-order valence-corrected chi connectivity index (χ0v) is 24.7. The maximum absolute atomic E-state index is 13.6. The van der Waals surface area contributed by atoms with E-state index >= 15 is 0 Å². The topological polar surface area (TPSA) is 48.1 Å². The van der Waals surface area contributed by atoms with Crippen molar-refractivity contribution in [3.63, 3.8) is 0 Å². The van der Waals surface area contributed by atoms with Gasteiger partial charge in [0.2, 0.25) is 0 Å². The van der Waals surface area contributed by atoms with Crippen molar-refractivity contribution in [1.29, 1.82) is 0 Å². The summed E-state index contributed by atoms with van der Waals surface area (Å²) < 4.78 is 5.27. The van der Waals surface area contributed by atoms with Crippen molar-refractivity contribution in [2.75, 3.05) is 52.7 Å². The monoisotopic (exact) mass is 550 g/mol. The first-order chi connectivity index (χ1) is 19.9. The average Bonchev–Trinajstić information content (AvgIpc) is 2.98. The van der Waals surface area contributed by atoms with Crippen LogP contribution in [0.15, 0.2) is 78.9 Å². The molecule has 2 saturated heterocycles. The molecule has 1 N–H and O–H groups in total. The summed E-state index contributed by atoms with van der Waals surface area (Å²) in [5.41, 5.74) is 4.16. The van der Waals surface area contributed by atoms with E-state index in [-0.39, 0.29) is 12.1 Å². The molecule has 2 fully saturated rings. The molecule has 0 saturated carbocycles. The Morgan fingerprint density at radius 2 is 1.63 bits per heavy atom. The number of amides is 2. The van der Waals surface area contributed by atoms with E-state index in [4.69, 9.17) is 4.74 Å². The third-order valence-corrected chi connectivity index (χ3v) is 8.46. The van der Waals surface area contributed by atoms with Crippen LogP contribution in [0, 0.1) is 17.8 Å². The summed E-state index contributed by atoms with van der Waals surface area (Å²) in [6.45, 7) is 5.86. The van der Waals surface area contributed by atoms with E-state index in [0.29, 0.717) is 24.4 Å². The Bertz CT molecular complexity index is 1340. The molecule has 1 unspecified atom stereocenters. The molecule has 2 aliphatic heterocycles. The Balaban J connectivity index is 1.36. The molecule has 2 heterocycles. The van der Waals surface area contributed by atoms with Crippen LogP contribution in [0.4, 0.5) is 10.5 Å². The van der Waals surface area contributed by atoms with Gasteiger partial charge in [0.1, 0.15) is 5.75 Å². The fourth-order valence-electron chi connectivity index (χ4n) is 6.46. The maximum Gasteiger partial charge on any atom is 0.321 e. The van der Waals surface area contributed by atoms with Crippen LogP contribution in [0.3, 0.4) is 0 Å². The number of benzene rings is 3. The molecule has 6 nitrogen and oxygen atoms in total. The van der Waals surface area contributed by atoms with Gasteiger partial charge in [-0.25, -0.2) is 4.79 Å². The number of nitrogens with zero attached hydrogens (tertiary/aromatic N) is 3. The summed E-state index contributed by atoms with van der Waals surface area (Å²) in [4.78, 5) is 20.5. The van der Waals surface area contributed by atoms with Crippen molar-refractivity contribution in [2.45, 2.75) is 37.8 Å². The van der Waals surface area contributed by atoms with E-state index in [1.54, 1.807) is 7.11 Å². The van der Waals surface area contributed by atoms with Gasteiger partial charge in [0.25, 0.3) is 0 Å². The highest BCUT2D eigenvalue weighted by molar-refractivity contribution is 5.89. The lowest BCUT2D eigenvalue weighted by atomic mass is 9.72. The number of ether oxygens (including phenoxy) is 1. The number of hydrogen-bond acceptors (Lipinski definition) is 4. The maximum atomic E-state index is 13.6. The number of carbonyl (C=O) groups is 1. The van der Waals surface area contributed by atoms with Crippen molar-refractivity contribution >= 4 is 11.7 Å². The molecule has 214 valence electrons. The van der Waals surface area contributed by atoms with Crippen LogP contribution in [0.1, 0.15) is 42.4 Å². The van der Waals surface area contributed by atoms with Crippen molar-refractivity contribution < 1.29 is 9.53 Å². The summed E-state index contributed by atoms with van der Waals surface area (Å²) in [6.07, 6.45) is 2.08. The molecule has 41 heavy (non-hydrogen) atoms. The zero-order chi connectivity index (χ0) is 28.8. The third-order valence-electron chi connectivity index (χ3n) is 8.46. The van der Waals surface area contributed by atoms with Crippen LogP contribution in [-0.4, -0.2) is 80.2 Å². The zero-order valence-electron chi connectivity index (χ0n) is 24.7. The predicted octanol–water partition coefficient (Wildman–Crippen LogP) is 5.76. The van der Waals surface area contributed by atoms with Gasteiger partial charge in [0.15, 0.2) is 0 Å². The lowest BCUT2D eigenvalue weighted by Crippen LogP contribution is -2.68. The first kappa shape index (κ1) is 28.7. The van der Waals surface area contributed by atoms with Gasteiger partial charge < -0.3 is 19.9 Å². The second kappa shape index (κ2) is 13.2. The Morgan fingerprint density at radius 3 is 2.27 bits per heavy atom. The van der Waals surface area contributed by atoms with Gasteiger partial charge in [-0.2, -0.15) is 0 Å². The summed E-state index contributed by atoms with van der Waals surface area (Å²) >= 11 is 0. The van der Waals surface area contributed by atoms with Crippen molar-refractivity contribution in [2.24, 2.45) is 5.92 Å². The van der Waals surface area contributed by atoms with E-state index in [2.05, 4.69) is 72.2 Å².